The molecular weight excluding hydrogens is 360 g/mol. The van der Waals surface area contributed by atoms with Crippen molar-refractivity contribution in [2.45, 2.75) is 119 Å². The van der Waals surface area contributed by atoms with Gasteiger partial charge in [0.05, 0.1) is 0 Å². The van der Waals surface area contributed by atoms with E-state index in [-0.39, 0.29) is 0 Å². The van der Waals surface area contributed by atoms with Gasteiger partial charge in [0.2, 0.25) is 0 Å². The van der Waals surface area contributed by atoms with Crippen molar-refractivity contribution in [1.29, 1.82) is 0 Å². The van der Waals surface area contributed by atoms with Gasteiger partial charge in [-0.05, 0) is 116 Å². The zero-order valence-electron chi connectivity index (χ0n) is 21.5. The van der Waals surface area contributed by atoms with Gasteiger partial charge in [-0.3, -0.25) is 0 Å². The Morgan fingerprint density at radius 3 is 2.30 bits per heavy atom. The Kier molecular flexibility index (Phi) is 6.56. The average molecular weight is 413 g/mol. The molecule has 4 rings (SSSR count). The lowest BCUT2D eigenvalue weighted by molar-refractivity contribution is -0.0504. The lowest BCUT2D eigenvalue weighted by Crippen LogP contribution is -2.50. The average Bonchev–Trinajstić information content (AvgIpc) is 3.04. The highest BCUT2D eigenvalue weighted by Gasteiger charge is 2.58. The highest BCUT2D eigenvalue weighted by molar-refractivity contribution is 5.24. The fraction of sp³-hybridized carbons (Fsp3) is 0.933. The maximum atomic E-state index is 2.75. The van der Waals surface area contributed by atoms with Crippen LogP contribution in [0.25, 0.3) is 0 Å². The van der Waals surface area contributed by atoms with Gasteiger partial charge >= 0.3 is 0 Å². The molecule has 4 aliphatic carbocycles. The molecule has 0 nitrogen and oxygen atoms in total. The Hall–Kier alpha value is -0.260. The summed E-state index contributed by atoms with van der Waals surface area (Å²) in [6.07, 6.45) is 19.0. The predicted molar refractivity (Wildman–Crippen MR) is 131 cm³/mol. The molecule has 0 saturated heterocycles. The fourth-order valence-electron chi connectivity index (χ4n) is 9.77. The van der Waals surface area contributed by atoms with Crippen molar-refractivity contribution in [2.24, 2.45) is 58.2 Å². The minimum Gasteiger partial charge on any atom is -0.0845 e. The molecule has 0 N–H and O–H groups in total. The smallest absolute Gasteiger partial charge is 0.00853 e. The van der Waals surface area contributed by atoms with Crippen LogP contribution in [0.15, 0.2) is 11.6 Å². The second-order valence-corrected chi connectivity index (χ2v) is 13.4. The first-order valence-electron chi connectivity index (χ1n) is 13.9. The number of hydrogen-bond acceptors (Lipinski definition) is 0. The van der Waals surface area contributed by atoms with Crippen LogP contribution in [0.3, 0.4) is 0 Å². The third-order valence-corrected chi connectivity index (χ3v) is 11.4. The number of fused-ring (bicyclic) bond motifs is 5. The molecular formula is C30H52. The third kappa shape index (κ3) is 3.75. The first kappa shape index (κ1) is 22.9. The first-order chi connectivity index (χ1) is 14.2. The standard InChI is InChI=1S/C30H52/c1-20(2)24(21(3)4)13-11-22(5)26-15-16-27-25-14-12-23-10-8-9-18-29(23,6)28(25)17-19-30(26,27)7/h12,20-22,24-28H,8-11,13-19H2,1-7H3. The van der Waals surface area contributed by atoms with E-state index in [1.807, 2.05) is 5.57 Å². The zero-order valence-corrected chi connectivity index (χ0v) is 21.5. The Morgan fingerprint density at radius 1 is 0.867 bits per heavy atom. The van der Waals surface area contributed by atoms with Gasteiger partial charge in [-0.15, -0.1) is 0 Å². The van der Waals surface area contributed by atoms with E-state index >= 15 is 0 Å². The molecule has 3 saturated carbocycles. The van der Waals surface area contributed by atoms with Crippen molar-refractivity contribution >= 4 is 0 Å². The van der Waals surface area contributed by atoms with E-state index in [2.05, 4.69) is 54.5 Å². The summed E-state index contributed by atoms with van der Waals surface area (Å²) in [4.78, 5) is 0. The Bertz CT molecular complexity index is 618. The lowest BCUT2D eigenvalue weighted by atomic mass is 9.47. The molecule has 0 amide bonds. The topological polar surface area (TPSA) is 0 Å². The highest BCUT2D eigenvalue weighted by atomic mass is 14.6. The largest absolute Gasteiger partial charge is 0.0845 e. The van der Waals surface area contributed by atoms with Gasteiger partial charge in [0.25, 0.3) is 0 Å². The maximum absolute atomic E-state index is 2.75. The quantitative estimate of drug-likeness (QED) is 0.381. The van der Waals surface area contributed by atoms with E-state index in [0.717, 1.165) is 47.3 Å². The van der Waals surface area contributed by atoms with E-state index in [0.29, 0.717) is 10.8 Å². The van der Waals surface area contributed by atoms with Crippen molar-refractivity contribution in [3.05, 3.63) is 11.6 Å². The van der Waals surface area contributed by atoms with Crippen LogP contribution < -0.4 is 0 Å². The molecule has 0 bridgehead atoms. The maximum Gasteiger partial charge on any atom is -0.00853 e. The summed E-state index contributed by atoms with van der Waals surface area (Å²) in [7, 11) is 0. The summed E-state index contributed by atoms with van der Waals surface area (Å²) in [6, 6.07) is 0. The van der Waals surface area contributed by atoms with Gasteiger partial charge in [0, 0.05) is 0 Å². The monoisotopic (exact) mass is 412 g/mol. The summed E-state index contributed by atoms with van der Waals surface area (Å²) in [5, 5.41) is 0. The van der Waals surface area contributed by atoms with Gasteiger partial charge in [0.1, 0.15) is 0 Å². The van der Waals surface area contributed by atoms with E-state index < -0.39 is 0 Å². The van der Waals surface area contributed by atoms with Gasteiger partial charge in [0.15, 0.2) is 0 Å². The van der Waals surface area contributed by atoms with Crippen LogP contribution in [-0.4, -0.2) is 0 Å². The normalized spacial score (nSPS) is 42.1. The fourth-order valence-corrected chi connectivity index (χ4v) is 9.77. The highest BCUT2D eigenvalue weighted by Crippen LogP contribution is 2.67. The Balaban J connectivity index is 1.47. The predicted octanol–water partition coefficient (Wildman–Crippen LogP) is 9.30. The van der Waals surface area contributed by atoms with Crippen molar-refractivity contribution in [1.82, 2.24) is 0 Å². The molecule has 0 heteroatoms. The summed E-state index contributed by atoms with van der Waals surface area (Å²) in [5.74, 6) is 7.46. The molecule has 0 spiro atoms. The van der Waals surface area contributed by atoms with E-state index in [4.69, 9.17) is 0 Å². The zero-order chi connectivity index (χ0) is 21.7. The summed E-state index contributed by atoms with van der Waals surface area (Å²) < 4.78 is 0. The molecule has 0 radical (unpaired) electrons. The van der Waals surface area contributed by atoms with Crippen molar-refractivity contribution in [3.8, 4) is 0 Å². The molecule has 3 fully saturated rings. The van der Waals surface area contributed by atoms with Crippen LogP contribution in [-0.2, 0) is 0 Å². The van der Waals surface area contributed by atoms with Crippen LogP contribution in [0.1, 0.15) is 119 Å². The van der Waals surface area contributed by atoms with E-state index in [1.54, 1.807) is 0 Å². The summed E-state index contributed by atoms with van der Waals surface area (Å²) in [5.41, 5.74) is 3.06. The molecule has 4 aliphatic rings. The van der Waals surface area contributed by atoms with Gasteiger partial charge in [-0.1, -0.05) is 73.0 Å². The minimum atomic E-state index is 0.563. The molecule has 7 atom stereocenters. The molecule has 7 unspecified atom stereocenters. The second-order valence-electron chi connectivity index (χ2n) is 13.4. The molecule has 0 aromatic rings. The number of allylic oxidation sites excluding steroid dienone is 2. The van der Waals surface area contributed by atoms with Crippen LogP contribution >= 0.6 is 0 Å². The summed E-state index contributed by atoms with van der Waals surface area (Å²) in [6.45, 7) is 17.8. The minimum absolute atomic E-state index is 0.563. The lowest BCUT2D eigenvalue weighted by Gasteiger charge is -2.58. The molecule has 0 aliphatic heterocycles. The van der Waals surface area contributed by atoms with Crippen LogP contribution in [0.2, 0.25) is 0 Å². The van der Waals surface area contributed by atoms with E-state index in [9.17, 15) is 0 Å². The van der Waals surface area contributed by atoms with Crippen molar-refractivity contribution in [3.63, 3.8) is 0 Å². The van der Waals surface area contributed by atoms with Crippen LogP contribution in [0.5, 0.6) is 0 Å². The van der Waals surface area contributed by atoms with E-state index in [1.165, 1.54) is 70.6 Å². The SMILES string of the molecule is CC(C)C(CCC(C)C1CCC2C3CC=C4CCCCC4(C)C3CCC12C)C(C)C. The van der Waals surface area contributed by atoms with Gasteiger partial charge in [-0.2, -0.15) is 0 Å². The molecule has 0 heterocycles. The number of hydrogen-bond donors (Lipinski definition) is 0. The summed E-state index contributed by atoms with van der Waals surface area (Å²) >= 11 is 0. The van der Waals surface area contributed by atoms with Gasteiger partial charge < -0.3 is 0 Å². The van der Waals surface area contributed by atoms with Crippen molar-refractivity contribution < 1.29 is 0 Å². The van der Waals surface area contributed by atoms with Gasteiger partial charge in [-0.25, -0.2) is 0 Å². The molecule has 0 aromatic heterocycles. The molecule has 30 heavy (non-hydrogen) atoms. The third-order valence-electron chi connectivity index (χ3n) is 11.4. The van der Waals surface area contributed by atoms with Crippen LogP contribution in [0.4, 0.5) is 0 Å². The van der Waals surface area contributed by atoms with Crippen LogP contribution in [0, 0.1) is 58.2 Å². The molecule has 172 valence electrons. The Morgan fingerprint density at radius 2 is 1.60 bits per heavy atom. The first-order valence-corrected chi connectivity index (χ1v) is 13.9. The number of rotatable bonds is 6. The molecule has 0 aromatic carbocycles. The van der Waals surface area contributed by atoms with Crippen molar-refractivity contribution in [2.75, 3.05) is 0 Å². The second kappa shape index (κ2) is 8.59. The Labute approximate surface area is 189 Å².